The lowest BCUT2D eigenvalue weighted by Gasteiger charge is -2.43. The van der Waals surface area contributed by atoms with Crippen LogP contribution in [-0.4, -0.2) is 60.9 Å². The number of nitrogens with one attached hydrogen (secondary N) is 1. The molecule has 278 valence electrons. The normalized spacial score (nSPS) is 30.6. The molecule has 2 aliphatic carbocycles. The molecule has 5 atom stereocenters. The first-order valence-corrected chi connectivity index (χ1v) is 20.1. The van der Waals surface area contributed by atoms with Gasteiger partial charge in [-0.25, -0.2) is 4.21 Å². The van der Waals surface area contributed by atoms with Gasteiger partial charge in [0.2, 0.25) is 5.91 Å². The van der Waals surface area contributed by atoms with Crippen LogP contribution in [0.15, 0.2) is 52.9 Å². The molecule has 2 amide bonds. The van der Waals surface area contributed by atoms with Gasteiger partial charge in [0.05, 0.1) is 30.3 Å². The monoisotopic (exact) mass is 747 g/mol. The number of benzene rings is 2. The van der Waals surface area contributed by atoms with E-state index in [-0.39, 0.29) is 35.7 Å². The van der Waals surface area contributed by atoms with E-state index in [1.165, 1.54) is 5.56 Å². The molecule has 2 saturated carbocycles. The Morgan fingerprint density at radius 3 is 2.73 bits per heavy atom. The third-order valence-electron chi connectivity index (χ3n) is 10.6. The number of amides is 2. The second-order valence-electron chi connectivity index (χ2n) is 14.5. The quantitative estimate of drug-likeness (QED) is 0.302. The largest absolute Gasteiger partial charge is 0.491 e. The minimum atomic E-state index is -3.56. The topological polar surface area (TPSA) is 107 Å². The highest BCUT2D eigenvalue weighted by Crippen LogP contribution is 2.42. The first-order valence-electron chi connectivity index (χ1n) is 18.0. The maximum absolute atomic E-state index is 14.4. The number of aryl methyl sites for hydroxylation is 1. The first kappa shape index (κ1) is 37.7. The summed E-state index contributed by atoms with van der Waals surface area (Å²) in [5.74, 6) is -0.365. The summed E-state index contributed by atoms with van der Waals surface area (Å²) >= 11 is 6.45. The summed E-state index contributed by atoms with van der Waals surface area (Å²) in [6.45, 7) is 0.828. The van der Waals surface area contributed by atoms with E-state index in [1.54, 1.807) is 25.3 Å². The fourth-order valence-corrected chi connectivity index (χ4v) is 9.87. The van der Waals surface area contributed by atoms with Crippen LogP contribution in [0.4, 0.5) is 14.5 Å². The average Bonchev–Trinajstić information content (AvgIpc) is 3.07. The second-order valence-corrected chi connectivity index (χ2v) is 17.0. The third kappa shape index (κ3) is 9.68. The Labute approximate surface area is 304 Å². The van der Waals surface area contributed by atoms with Gasteiger partial charge in [0.25, 0.3) is 5.91 Å². The highest BCUT2D eigenvalue weighted by molar-refractivity contribution is 7.92. The summed E-state index contributed by atoms with van der Waals surface area (Å²) in [5, 5.41) is 0.694. The van der Waals surface area contributed by atoms with Crippen molar-refractivity contribution < 1.29 is 36.8 Å². The minimum absolute atomic E-state index is 0.0199. The third-order valence-corrected chi connectivity index (χ3v) is 12.9. The van der Waals surface area contributed by atoms with Gasteiger partial charge in [-0.2, -0.15) is 8.78 Å². The number of nitrogens with zero attached hydrogens (tertiary/aromatic N) is 2. The number of ether oxygens (including phenoxy) is 3. The van der Waals surface area contributed by atoms with Crippen molar-refractivity contribution in [2.75, 3.05) is 30.9 Å². The zero-order valence-electron chi connectivity index (χ0n) is 29.2. The van der Waals surface area contributed by atoms with Gasteiger partial charge in [0, 0.05) is 37.2 Å². The van der Waals surface area contributed by atoms with Gasteiger partial charge in [-0.15, -0.1) is 4.36 Å². The number of carbonyl (C=O) groups is 2. The number of rotatable bonds is 6. The molecule has 2 heterocycles. The van der Waals surface area contributed by atoms with E-state index in [1.807, 2.05) is 25.1 Å². The molecule has 0 spiro atoms. The predicted molar refractivity (Wildman–Crippen MR) is 193 cm³/mol. The van der Waals surface area contributed by atoms with Gasteiger partial charge in [-0.05, 0) is 116 Å². The van der Waals surface area contributed by atoms with Crippen molar-refractivity contribution in [3.8, 4) is 5.75 Å². The Morgan fingerprint density at radius 2 is 1.98 bits per heavy atom. The van der Waals surface area contributed by atoms with Crippen LogP contribution >= 0.6 is 11.6 Å². The van der Waals surface area contributed by atoms with Crippen molar-refractivity contribution >= 4 is 39.0 Å². The van der Waals surface area contributed by atoms with Crippen molar-refractivity contribution in [3.63, 3.8) is 0 Å². The lowest BCUT2D eigenvalue weighted by atomic mass is 9.70. The lowest BCUT2D eigenvalue weighted by molar-refractivity contribution is -0.191. The Hall–Kier alpha value is -3.06. The zero-order chi connectivity index (χ0) is 36.1. The van der Waals surface area contributed by atoms with Crippen LogP contribution in [0.3, 0.4) is 0 Å². The van der Waals surface area contributed by atoms with Crippen molar-refractivity contribution in [1.29, 1.82) is 0 Å². The van der Waals surface area contributed by atoms with Crippen LogP contribution in [0.5, 0.6) is 5.75 Å². The Bertz CT molecular complexity index is 1730. The molecule has 13 heteroatoms. The van der Waals surface area contributed by atoms with Crippen LogP contribution in [0.2, 0.25) is 5.02 Å². The maximum Gasteiger partial charge on any atom is 0.345 e. The molecule has 2 aliphatic heterocycles. The first-order chi connectivity index (χ1) is 24.5. The lowest BCUT2D eigenvalue weighted by Crippen LogP contribution is -2.43. The summed E-state index contributed by atoms with van der Waals surface area (Å²) < 4.78 is 63.3. The SMILES string of the molecule is CO[C@H]1/C=C/C[C@H](C)CS(=O)(NC(=O)CC2CC(OC(F)F)C2)=NC(=O)c2ccc3c(c2)N(Cc2ccc(Cl)cc2CCCCO3)C[C@@H]2CC[C@H]21. The Kier molecular flexibility index (Phi) is 12.4. The van der Waals surface area contributed by atoms with Gasteiger partial charge in [-0.3, -0.25) is 14.3 Å². The Balaban J connectivity index is 1.36. The number of anilines is 1. The molecule has 1 N–H and O–H groups in total. The fourth-order valence-electron chi connectivity index (χ4n) is 7.75. The van der Waals surface area contributed by atoms with E-state index in [2.05, 4.69) is 30.9 Å². The summed E-state index contributed by atoms with van der Waals surface area (Å²) in [4.78, 5) is 29.3. The highest BCUT2D eigenvalue weighted by Gasteiger charge is 2.38. The molecule has 2 fully saturated rings. The van der Waals surface area contributed by atoms with E-state index in [4.69, 9.17) is 21.1 Å². The summed E-state index contributed by atoms with van der Waals surface area (Å²) in [7, 11) is -1.83. The number of hydrogen-bond donors (Lipinski definition) is 1. The van der Waals surface area contributed by atoms with Gasteiger partial charge < -0.3 is 19.1 Å². The summed E-state index contributed by atoms with van der Waals surface area (Å²) in [6, 6.07) is 11.2. The molecule has 6 rings (SSSR count). The molecule has 9 nitrogen and oxygen atoms in total. The van der Waals surface area contributed by atoms with E-state index < -0.39 is 34.4 Å². The highest BCUT2D eigenvalue weighted by atomic mass is 35.5. The zero-order valence-corrected chi connectivity index (χ0v) is 30.8. The second kappa shape index (κ2) is 16.7. The Morgan fingerprint density at radius 1 is 1.16 bits per heavy atom. The van der Waals surface area contributed by atoms with E-state index in [0.717, 1.165) is 43.4 Å². The van der Waals surface area contributed by atoms with Gasteiger partial charge in [-0.1, -0.05) is 36.7 Å². The molecule has 4 aliphatic rings. The van der Waals surface area contributed by atoms with Crippen molar-refractivity contribution in [2.45, 2.75) is 90.1 Å². The fraction of sp³-hybridized carbons (Fsp3) is 0.579. The number of methoxy groups -OCH3 is 1. The summed E-state index contributed by atoms with van der Waals surface area (Å²) in [6.07, 6.45) is 9.28. The molecular weight excluding hydrogens is 700 g/mol. The van der Waals surface area contributed by atoms with Crippen molar-refractivity contribution in [1.82, 2.24) is 4.72 Å². The standard InChI is InChI=1S/C38H48ClF2N3O6S/c1-24-6-5-8-34(48-2)32-13-10-29(32)22-44-21-28-9-12-30(39)19-26(28)7-3-4-15-49-35-14-11-27(20-33(35)44)37(46)43-51(47,23-24)42-36(45)18-25-16-31(17-25)50-38(40)41/h5,8-9,11-12,14,19-20,24-25,29,31-32,34,38H,3-4,6-7,10,13,15-18,21-23H2,1-2H3,(H,42,43,45,46,47)/b8-5+/t24-,25?,29-,31?,32+,34-,51?/m0/s1. The molecule has 51 heavy (non-hydrogen) atoms. The molecule has 2 bridgehead atoms. The molecule has 0 radical (unpaired) electrons. The molecule has 0 aromatic heterocycles. The predicted octanol–water partition coefficient (Wildman–Crippen LogP) is 7.75. The van der Waals surface area contributed by atoms with Gasteiger partial charge in [0.1, 0.15) is 15.7 Å². The number of allylic oxidation sites excluding steroid dienone is 1. The van der Waals surface area contributed by atoms with E-state index in [9.17, 15) is 22.6 Å². The molecule has 1 unspecified atom stereocenters. The molecular formula is C38H48ClF2N3O6S. The van der Waals surface area contributed by atoms with E-state index in [0.29, 0.717) is 61.6 Å². The summed E-state index contributed by atoms with van der Waals surface area (Å²) in [5.41, 5.74) is 3.32. The number of hydrogen-bond acceptors (Lipinski definition) is 7. The smallest absolute Gasteiger partial charge is 0.345 e. The minimum Gasteiger partial charge on any atom is -0.491 e. The van der Waals surface area contributed by atoms with Gasteiger partial charge in [0.15, 0.2) is 0 Å². The number of fused-ring (bicyclic) bond motifs is 3. The van der Waals surface area contributed by atoms with Crippen LogP contribution in [0.1, 0.15) is 79.8 Å². The molecule has 0 saturated heterocycles. The molecule has 2 aromatic carbocycles. The van der Waals surface area contributed by atoms with Crippen LogP contribution in [0.25, 0.3) is 0 Å². The van der Waals surface area contributed by atoms with Crippen molar-refractivity contribution in [2.24, 2.45) is 28.0 Å². The van der Waals surface area contributed by atoms with E-state index >= 15 is 0 Å². The number of halogens is 3. The molecule has 2 aromatic rings. The van der Waals surface area contributed by atoms with Crippen LogP contribution in [0, 0.1) is 23.7 Å². The van der Waals surface area contributed by atoms with Gasteiger partial charge >= 0.3 is 6.61 Å². The number of alkyl halides is 2. The van der Waals surface area contributed by atoms with Crippen molar-refractivity contribution in [3.05, 3.63) is 70.3 Å². The maximum atomic E-state index is 14.4. The number of carbonyl (C=O) groups excluding carboxylic acids is 2. The van der Waals surface area contributed by atoms with Crippen LogP contribution < -0.4 is 14.4 Å². The average molecular weight is 748 g/mol. The van der Waals surface area contributed by atoms with Crippen LogP contribution in [-0.2, 0) is 37.1 Å².